The largest absolute Gasteiger partial charge is 0.381 e. The molecule has 0 spiro atoms. The standard InChI is InChI=1S/C35H46FN7O4/c1-21-14-40(26(13-37-21)15-39-9-10-46-17-22(39)2)16-30(44)41-20-35(3,4)32-29(41)12-24(11-23-5-7-25(36)8-6-23)33-38-43(34(45)42(32)33)31-27-18-47-19-28(27)31/h5-8,12,21-22,26-28,31,37H,9-11,13-20H2,1-4H3/t21-,22-,26-,27-,28+,31?/m1/s1. The zero-order valence-electron chi connectivity index (χ0n) is 27.8. The van der Waals surface area contributed by atoms with Crippen LogP contribution in [0.3, 0.4) is 0 Å². The lowest BCUT2D eigenvalue weighted by Crippen LogP contribution is -2.62. The number of benzene rings is 1. The van der Waals surface area contributed by atoms with Gasteiger partial charge in [0.1, 0.15) is 5.82 Å². The molecule has 252 valence electrons. The summed E-state index contributed by atoms with van der Waals surface area (Å²) >= 11 is 0. The summed E-state index contributed by atoms with van der Waals surface area (Å²) in [6.45, 7) is 15.5. The SMILES string of the molecule is C[C@@H]1CN(CC(=O)N2CC(C)(C)c3c2cc(Cc2ccc(F)cc2)c2nn(C4[C@H]5COC[C@@H]45)c(=O)n32)[C@@H](CN2CCOC[C@H]2C)CN1. The Morgan fingerprint density at radius 3 is 2.60 bits per heavy atom. The molecule has 6 atom stereocenters. The molecule has 6 heterocycles. The first-order valence-electron chi connectivity index (χ1n) is 17.2. The van der Waals surface area contributed by atoms with E-state index in [9.17, 15) is 14.0 Å². The van der Waals surface area contributed by atoms with Crippen LogP contribution in [0, 0.1) is 17.7 Å². The maximum absolute atomic E-state index is 14.4. The van der Waals surface area contributed by atoms with E-state index in [0.29, 0.717) is 56.2 Å². The van der Waals surface area contributed by atoms with E-state index in [-0.39, 0.29) is 35.5 Å². The summed E-state index contributed by atoms with van der Waals surface area (Å²) < 4.78 is 28.5. The molecular weight excluding hydrogens is 601 g/mol. The third-order valence-electron chi connectivity index (χ3n) is 11.2. The zero-order chi connectivity index (χ0) is 32.6. The maximum atomic E-state index is 14.4. The molecule has 11 nitrogen and oxygen atoms in total. The minimum absolute atomic E-state index is 0.0346. The van der Waals surface area contributed by atoms with Crippen molar-refractivity contribution in [3.05, 3.63) is 63.5 Å². The summed E-state index contributed by atoms with van der Waals surface area (Å²) in [6, 6.07) is 9.36. The molecular formula is C35H46FN7O4. The number of amides is 1. The summed E-state index contributed by atoms with van der Waals surface area (Å²) in [7, 11) is 0. The van der Waals surface area contributed by atoms with Gasteiger partial charge < -0.3 is 19.7 Å². The van der Waals surface area contributed by atoms with E-state index in [0.717, 1.165) is 61.9 Å². The number of carbonyl (C=O) groups excluding carboxylic acids is 1. The molecule has 3 saturated heterocycles. The van der Waals surface area contributed by atoms with Gasteiger partial charge in [0, 0.05) is 80.1 Å². The fourth-order valence-corrected chi connectivity index (χ4v) is 8.52. The van der Waals surface area contributed by atoms with Crippen molar-refractivity contribution in [2.45, 2.75) is 63.7 Å². The second kappa shape index (κ2) is 11.8. The summed E-state index contributed by atoms with van der Waals surface area (Å²) in [5.41, 5.74) is 3.34. The third-order valence-corrected chi connectivity index (χ3v) is 11.2. The van der Waals surface area contributed by atoms with Crippen LogP contribution in [-0.2, 0) is 26.1 Å². The van der Waals surface area contributed by atoms with E-state index in [1.807, 2.05) is 4.90 Å². The Bertz CT molecular complexity index is 1730. The minimum Gasteiger partial charge on any atom is -0.381 e. The van der Waals surface area contributed by atoms with E-state index in [1.165, 1.54) is 12.1 Å². The number of aromatic nitrogens is 3. The van der Waals surface area contributed by atoms with Crippen LogP contribution >= 0.6 is 0 Å². The maximum Gasteiger partial charge on any atom is 0.350 e. The highest BCUT2D eigenvalue weighted by atomic mass is 19.1. The van der Waals surface area contributed by atoms with Crippen LogP contribution in [0.1, 0.15) is 50.6 Å². The second-order valence-corrected chi connectivity index (χ2v) is 15.1. The Morgan fingerprint density at radius 2 is 1.85 bits per heavy atom. The van der Waals surface area contributed by atoms with Gasteiger partial charge in [0.25, 0.3) is 0 Å². The number of ether oxygens (including phenoxy) is 2. The molecule has 5 aliphatic rings. The number of halogens is 1. The summed E-state index contributed by atoms with van der Waals surface area (Å²) in [5, 5.41) is 8.59. The number of nitrogens with zero attached hydrogens (tertiary/aromatic N) is 6. The van der Waals surface area contributed by atoms with Crippen LogP contribution in [0.25, 0.3) is 5.65 Å². The van der Waals surface area contributed by atoms with E-state index >= 15 is 0 Å². The number of fused-ring (bicyclic) bond motifs is 4. The molecule has 0 radical (unpaired) electrons. The molecule has 3 aromatic rings. The Kier molecular flexibility index (Phi) is 7.79. The zero-order valence-corrected chi connectivity index (χ0v) is 27.8. The molecule has 1 N–H and O–H groups in total. The normalized spacial score (nSPS) is 30.5. The van der Waals surface area contributed by atoms with Crippen molar-refractivity contribution in [3.8, 4) is 0 Å². The van der Waals surface area contributed by atoms with Gasteiger partial charge >= 0.3 is 5.69 Å². The summed E-state index contributed by atoms with van der Waals surface area (Å²) in [6.07, 6.45) is 0.464. The van der Waals surface area contributed by atoms with Crippen LogP contribution in [0.5, 0.6) is 0 Å². The smallest absolute Gasteiger partial charge is 0.350 e. The number of anilines is 1. The molecule has 1 saturated carbocycles. The Balaban J connectivity index is 1.15. The molecule has 12 heteroatoms. The molecule has 1 unspecified atom stereocenters. The highest BCUT2D eigenvalue weighted by molar-refractivity contribution is 5.98. The predicted molar refractivity (Wildman–Crippen MR) is 176 cm³/mol. The Labute approximate surface area is 274 Å². The van der Waals surface area contributed by atoms with Crippen LogP contribution in [-0.4, -0.2) is 114 Å². The van der Waals surface area contributed by atoms with Gasteiger partial charge in [0.2, 0.25) is 5.91 Å². The van der Waals surface area contributed by atoms with Gasteiger partial charge in [-0.2, -0.15) is 0 Å². The van der Waals surface area contributed by atoms with Gasteiger partial charge in [-0.25, -0.2) is 18.3 Å². The molecule has 4 aliphatic heterocycles. The van der Waals surface area contributed by atoms with E-state index in [4.69, 9.17) is 14.6 Å². The van der Waals surface area contributed by atoms with E-state index in [1.54, 1.807) is 21.2 Å². The fraction of sp³-hybridized carbons (Fsp3) is 0.629. The molecule has 4 fully saturated rings. The van der Waals surface area contributed by atoms with Gasteiger partial charge in [-0.3, -0.25) is 14.6 Å². The number of hydrogen-bond donors (Lipinski definition) is 1. The molecule has 1 aromatic carbocycles. The number of morpholine rings is 1. The summed E-state index contributed by atoms with van der Waals surface area (Å²) in [4.78, 5) is 35.4. The summed E-state index contributed by atoms with van der Waals surface area (Å²) in [5.74, 6) is 0.365. The van der Waals surface area contributed by atoms with Gasteiger partial charge in [-0.15, -0.1) is 5.10 Å². The lowest BCUT2D eigenvalue weighted by atomic mass is 9.90. The molecule has 2 aromatic heterocycles. The number of nitrogens with one attached hydrogen (secondary N) is 1. The van der Waals surface area contributed by atoms with Crippen molar-refractivity contribution < 1.29 is 18.7 Å². The Morgan fingerprint density at radius 1 is 1.09 bits per heavy atom. The van der Waals surface area contributed by atoms with Crippen molar-refractivity contribution in [3.63, 3.8) is 0 Å². The fourth-order valence-electron chi connectivity index (χ4n) is 8.52. The van der Waals surface area contributed by atoms with Gasteiger partial charge in [-0.1, -0.05) is 26.0 Å². The quantitative estimate of drug-likeness (QED) is 0.417. The van der Waals surface area contributed by atoms with Crippen molar-refractivity contribution in [2.24, 2.45) is 11.8 Å². The van der Waals surface area contributed by atoms with Crippen molar-refractivity contribution in [2.75, 3.05) is 70.6 Å². The highest BCUT2D eigenvalue weighted by Crippen LogP contribution is 2.53. The first kappa shape index (κ1) is 31.1. The Hall–Kier alpha value is -3.16. The van der Waals surface area contributed by atoms with Crippen LogP contribution in [0.2, 0.25) is 0 Å². The second-order valence-electron chi connectivity index (χ2n) is 15.1. The topological polar surface area (TPSA) is 96.6 Å². The number of rotatable bonds is 7. The third kappa shape index (κ3) is 5.51. The molecule has 0 bridgehead atoms. The average molecular weight is 648 g/mol. The first-order chi connectivity index (χ1) is 22.6. The number of piperazine rings is 1. The minimum atomic E-state index is -0.475. The van der Waals surface area contributed by atoms with Crippen LogP contribution < -0.4 is 15.9 Å². The lowest BCUT2D eigenvalue weighted by molar-refractivity contribution is -0.121. The van der Waals surface area contributed by atoms with E-state index in [2.05, 4.69) is 48.9 Å². The van der Waals surface area contributed by atoms with E-state index < -0.39 is 5.41 Å². The van der Waals surface area contributed by atoms with Crippen molar-refractivity contribution in [1.82, 2.24) is 29.3 Å². The number of pyridine rings is 1. The number of hydrogen-bond acceptors (Lipinski definition) is 8. The van der Waals surface area contributed by atoms with Gasteiger partial charge in [-0.05, 0) is 37.6 Å². The van der Waals surface area contributed by atoms with Crippen molar-refractivity contribution in [1.29, 1.82) is 0 Å². The van der Waals surface area contributed by atoms with Crippen LogP contribution in [0.4, 0.5) is 10.1 Å². The molecule has 1 amide bonds. The first-order valence-corrected chi connectivity index (χ1v) is 17.2. The number of carbonyl (C=O) groups is 1. The van der Waals surface area contributed by atoms with Gasteiger partial charge in [0.15, 0.2) is 5.65 Å². The van der Waals surface area contributed by atoms with Gasteiger partial charge in [0.05, 0.1) is 50.4 Å². The van der Waals surface area contributed by atoms with Crippen molar-refractivity contribution >= 4 is 17.2 Å². The monoisotopic (exact) mass is 647 g/mol. The van der Waals surface area contributed by atoms with Crippen LogP contribution in [0.15, 0.2) is 35.1 Å². The lowest BCUT2D eigenvalue weighted by Gasteiger charge is -2.43. The molecule has 47 heavy (non-hydrogen) atoms. The molecule has 8 rings (SSSR count). The molecule has 1 aliphatic carbocycles. The predicted octanol–water partition coefficient (Wildman–Crippen LogP) is 2.05. The average Bonchev–Trinajstić information content (AvgIpc) is 3.30. The highest BCUT2D eigenvalue weighted by Gasteiger charge is 2.57.